The maximum atomic E-state index is 10.7. The second-order valence-electron chi connectivity index (χ2n) is 3.19. The molecule has 1 radical (unpaired) electrons. The van der Waals surface area contributed by atoms with Crippen LogP contribution in [0, 0.1) is 12.8 Å². The van der Waals surface area contributed by atoms with Gasteiger partial charge in [0.1, 0.15) is 0 Å². The van der Waals surface area contributed by atoms with Gasteiger partial charge in [-0.25, -0.2) is 9.59 Å². The highest BCUT2D eigenvalue weighted by molar-refractivity contribution is 5.81. The van der Waals surface area contributed by atoms with E-state index < -0.39 is 11.9 Å². The Morgan fingerprint density at radius 1 is 1.00 bits per heavy atom. The lowest BCUT2D eigenvalue weighted by Gasteiger charge is -2.10. The van der Waals surface area contributed by atoms with Gasteiger partial charge in [0.05, 0.1) is 13.2 Å². The van der Waals surface area contributed by atoms with E-state index in [0.29, 0.717) is 26.1 Å². The minimum Gasteiger partial charge on any atom is -0.463 e. The summed E-state index contributed by atoms with van der Waals surface area (Å²) < 4.78 is 9.58. The van der Waals surface area contributed by atoms with Crippen LogP contribution in [0.4, 0.5) is 0 Å². The Labute approximate surface area is 95.9 Å². The van der Waals surface area contributed by atoms with Gasteiger partial charge in [-0.15, -0.1) is 0 Å². The van der Waals surface area contributed by atoms with E-state index in [1.807, 2.05) is 0 Å². The molecule has 0 atom stereocenters. The first-order valence-electron chi connectivity index (χ1n) is 5.01. The predicted molar refractivity (Wildman–Crippen MR) is 60.4 cm³/mol. The fourth-order valence-electron chi connectivity index (χ4n) is 0.915. The van der Waals surface area contributed by atoms with Crippen LogP contribution in [0.1, 0.15) is 12.8 Å². The fourth-order valence-corrected chi connectivity index (χ4v) is 0.915. The van der Waals surface area contributed by atoms with Crippen molar-refractivity contribution >= 4 is 11.9 Å². The van der Waals surface area contributed by atoms with E-state index >= 15 is 0 Å². The highest BCUT2D eigenvalue weighted by Gasteiger charge is 2.05. The second kappa shape index (κ2) is 8.71. The summed E-state index contributed by atoms with van der Waals surface area (Å²) in [6, 6.07) is 0. The van der Waals surface area contributed by atoms with Gasteiger partial charge in [0.2, 0.25) is 0 Å². The smallest absolute Gasteiger partial charge is 0.330 e. The fraction of sp³-hybridized carbons (Fsp3) is 0.417. The zero-order valence-electron chi connectivity index (χ0n) is 9.31. The molecule has 0 saturated carbocycles. The molecule has 0 aliphatic rings. The van der Waals surface area contributed by atoms with Gasteiger partial charge in [-0.2, -0.15) is 0 Å². The third kappa shape index (κ3) is 7.79. The first kappa shape index (κ1) is 14.4. The van der Waals surface area contributed by atoms with Crippen molar-refractivity contribution < 1.29 is 19.1 Å². The number of carbonyl (C=O) groups excluding carboxylic acids is 2. The summed E-state index contributed by atoms with van der Waals surface area (Å²) in [5.41, 5.74) is 0. The molecule has 0 aromatic carbocycles. The zero-order valence-corrected chi connectivity index (χ0v) is 9.31. The van der Waals surface area contributed by atoms with Crippen LogP contribution in [0.25, 0.3) is 0 Å². The molecule has 16 heavy (non-hydrogen) atoms. The molecule has 0 spiro atoms. The Balaban J connectivity index is 3.47. The highest BCUT2D eigenvalue weighted by atomic mass is 16.5. The van der Waals surface area contributed by atoms with Crippen LogP contribution in [0.5, 0.6) is 0 Å². The normalized spacial score (nSPS) is 9.62. The number of carbonyl (C=O) groups is 2. The minimum absolute atomic E-state index is 0.0789. The summed E-state index contributed by atoms with van der Waals surface area (Å²) in [6.45, 7) is 11.0. The van der Waals surface area contributed by atoms with Crippen LogP contribution in [-0.2, 0) is 19.1 Å². The topological polar surface area (TPSA) is 52.6 Å². The van der Waals surface area contributed by atoms with Gasteiger partial charge in [0, 0.05) is 12.2 Å². The van der Waals surface area contributed by atoms with Crippen LogP contribution >= 0.6 is 0 Å². The van der Waals surface area contributed by atoms with Crippen molar-refractivity contribution in [1.82, 2.24) is 0 Å². The molecule has 4 nitrogen and oxygen atoms in total. The maximum Gasteiger partial charge on any atom is 0.330 e. The molecule has 89 valence electrons. The molecule has 0 heterocycles. The number of rotatable bonds is 8. The van der Waals surface area contributed by atoms with E-state index in [1.54, 1.807) is 0 Å². The zero-order chi connectivity index (χ0) is 12.4. The summed E-state index contributed by atoms with van der Waals surface area (Å²) in [6.07, 6.45) is 3.49. The number of hydrogen-bond donors (Lipinski definition) is 0. The molecule has 0 fully saturated rings. The highest BCUT2D eigenvalue weighted by Crippen LogP contribution is 2.07. The molecule has 0 aromatic rings. The standard InChI is InChI=1S/C12H17O4/c1-4-11(13)15-8-6-10(3)7-9-16-12(14)5-2/h4-5,10H,1-3,6-9H2. The molecule has 0 rings (SSSR count). The first-order valence-corrected chi connectivity index (χ1v) is 5.01. The molecular weight excluding hydrogens is 208 g/mol. The molecule has 0 aliphatic carbocycles. The minimum atomic E-state index is -0.440. The summed E-state index contributed by atoms with van der Waals surface area (Å²) >= 11 is 0. The average molecular weight is 225 g/mol. The van der Waals surface area contributed by atoms with Crippen LogP contribution in [0.15, 0.2) is 25.3 Å². The summed E-state index contributed by atoms with van der Waals surface area (Å²) in [5.74, 6) is -0.800. The van der Waals surface area contributed by atoms with Gasteiger partial charge in [0.25, 0.3) is 0 Å². The van der Waals surface area contributed by atoms with Crippen molar-refractivity contribution in [2.45, 2.75) is 12.8 Å². The lowest BCUT2D eigenvalue weighted by Crippen LogP contribution is -2.10. The molecule has 4 heteroatoms. The van der Waals surface area contributed by atoms with E-state index in [-0.39, 0.29) is 5.92 Å². The van der Waals surface area contributed by atoms with Crippen LogP contribution in [0.3, 0.4) is 0 Å². The van der Waals surface area contributed by atoms with E-state index in [0.717, 1.165) is 12.2 Å². The molecule has 0 unspecified atom stereocenters. The SMILES string of the molecule is [CH2]C(CCOC(=O)C=C)CCOC(=O)C=C. The predicted octanol–water partition coefficient (Wildman–Crippen LogP) is 1.68. The van der Waals surface area contributed by atoms with Gasteiger partial charge in [0.15, 0.2) is 0 Å². The summed E-state index contributed by atoms with van der Waals surface area (Å²) in [4.78, 5) is 21.4. The quantitative estimate of drug-likeness (QED) is 0.466. The number of esters is 2. The second-order valence-corrected chi connectivity index (χ2v) is 3.19. The average Bonchev–Trinajstić information content (AvgIpc) is 2.28. The molecule has 0 saturated heterocycles. The van der Waals surface area contributed by atoms with Crippen molar-refractivity contribution in [2.24, 2.45) is 5.92 Å². The molecule has 0 aliphatic heterocycles. The molecule has 0 aromatic heterocycles. The van der Waals surface area contributed by atoms with Crippen molar-refractivity contribution in [1.29, 1.82) is 0 Å². The molecule has 0 bridgehead atoms. The van der Waals surface area contributed by atoms with Crippen LogP contribution < -0.4 is 0 Å². The summed E-state index contributed by atoms with van der Waals surface area (Å²) in [7, 11) is 0. The van der Waals surface area contributed by atoms with Crippen LogP contribution in [-0.4, -0.2) is 25.2 Å². The Morgan fingerprint density at radius 3 is 1.69 bits per heavy atom. The van der Waals surface area contributed by atoms with Gasteiger partial charge in [-0.05, 0) is 25.7 Å². The van der Waals surface area contributed by atoms with Gasteiger partial charge in [-0.3, -0.25) is 0 Å². The van der Waals surface area contributed by atoms with E-state index in [4.69, 9.17) is 9.47 Å². The largest absolute Gasteiger partial charge is 0.463 e. The molecule has 0 amide bonds. The Morgan fingerprint density at radius 2 is 1.38 bits per heavy atom. The van der Waals surface area contributed by atoms with E-state index in [2.05, 4.69) is 20.1 Å². The number of hydrogen-bond acceptors (Lipinski definition) is 4. The van der Waals surface area contributed by atoms with E-state index in [1.165, 1.54) is 0 Å². The van der Waals surface area contributed by atoms with Crippen molar-refractivity contribution in [2.75, 3.05) is 13.2 Å². The molecular formula is C12H17O4. The third-order valence-corrected chi connectivity index (χ3v) is 1.87. The number of ether oxygens (including phenoxy) is 2. The van der Waals surface area contributed by atoms with Gasteiger partial charge < -0.3 is 9.47 Å². The van der Waals surface area contributed by atoms with E-state index in [9.17, 15) is 9.59 Å². The molecule has 0 N–H and O–H groups in total. The lowest BCUT2D eigenvalue weighted by atomic mass is 10.1. The Kier molecular flexibility index (Phi) is 7.85. The third-order valence-electron chi connectivity index (χ3n) is 1.87. The maximum absolute atomic E-state index is 10.7. The monoisotopic (exact) mass is 225 g/mol. The lowest BCUT2D eigenvalue weighted by molar-refractivity contribution is -0.138. The van der Waals surface area contributed by atoms with Gasteiger partial charge in [-0.1, -0.05) is 13.2 Å². The van der Waals surface area contributed by atoms with Gasteiger partial charge >= 0.3 is 11.9 Å². The van der Waals surface area contributed by atoms with Crippen molar-refractivity contribution in [3.63, 3.8) is 0 Å². The first-order chi connectivity index (χ1) is 7.60. The Hall–Kier alpha value is -1.58. The Bertz CT molecular complexity index is 232. The summed E-state index contributed by atoms with van der Waals surface area (Å²) in [5, 5.41) is 0. The van der Waals surface area contributed by atoms with Crippen molar-refractivity contribution in [3.8, 4) is 0 Å². The van der Waals surface area contributed by atoms with Crippen LogP contribution in [0.2, 0.25) is 0 Å². The van der Waals surface area contributed by atoms with Crippen molar-refractivity contribution in [3.05, 3.63) is 32.2 Å².